The number of Topliss-reactive ketones (excluding diaryl/α,β-unsaturated/α-hetero) is 1. The summed E-state index contributed by atoms with van der Waals surface area (Å²) in [5.74, 6) is 0.695. The lowest BCUT2D eigenvalue weighted by Crippen LogP contribution is -2.21. The molecule has 1 fully saturated rings. The van der Waals surface area contributed by atoms with Gasteiger partial charge in [-0.2, -0.15) is 0 Å². The Kier molecular flexibility index (Phi) is 6.38. The highest BCUT2D eigenvalue weighted by Gasteiger charge is 2.20. The van der Waals surface area contributed by atoms with Crippen molar-refractivity contribution in [1.29, 1.82) is 0 Å². The summed E-state index contributed by atoms with van der Waals surface area (Å²) >= 11 is 0. The summed E-state index contributed by atoms with van der Waals surface area (Å²) in [6.45, 7) is 1.87. The molecule has 0 saturated heterocycles. The van der Waals surface area contributed by atoms with E-state index in [9.17, 15) is 9.90 Å². The van der Waals surface area contributed by atoms with Crippen LogP contribution in [0.15, 0.2) is 42.5 Å². The van der Waals surface area contributed by atoms with Crippen molar-refractivity contribution < 1.29 is 9.90 Å². The Morgan fingerprint density at radius 3 is 2.77 bits per heavy atom. The number of hydrogen-bond acceptors (Lipinski definition) is 2. The monoisotopic (exact) mass is 300 g/mol. The lowest BCUT2D eigenvalue weighted by molar-refractivity contribution is -0.121. The van der Waals surface area contributed by atoms with Gasteiger partial charge >= 0.3 is 0 Å². The van der Waals surface area contributed by atoms with Gasteiger partial charge in [0.2, 0.25) is 0 Å². The molecule has 0 spiro atoms. The van der Waals surface area contributed by atoms with Crippen molar-refractivity contribution in [2.45, 2.75) is 63.9 Å². The molecule has 1 aliphatic rings. The molecule has 0 radical (unpaired) electrons. The average molecular weight is 300 g/mol. The lowest BCUT2D eigenvalue weighted by Gasteiger charge is -2.22. The van der Waals surface area contributed by atoms with E-state index in [-0.39, 0.29) is 0 Å². The first kappa shape index (κ1) is 17.0. The maximum atomic E-state index is 11.4. The van der Waals surface area contributed by atoms with Crippen LogP contribution in [-0.2, 0) is 11.2 Å². The Labute approximate surface area is 134 Å². The van der Waals surface area contributed by atoms with E-state index < -0.39 is 5.60 Å². The van der Waals surface area contributed by atoms with Gasteiger partial charge in [0, 0.05) is 12.8 Å². The highest BCUT2D eigenvalue weighted by molar-refractivity contribution is 5.79. The van der Waals surface area contributed by atoms with Crippen molar-refractivity contribution in [3.05, 3.63) is 48.0 Å². The number of carbonyl (C=O) groups is 1. The average Bonchev–Trinajstić information content (AvgIpc) is 2.51. The summed E-state index contributed by atoms with van der Waals surface area (Å²) in [5, 5.41) is 10.4. The Balaban J connectivity index is 1.70. The standard InChI is InChI=1S/C20H28O2/c1-20(22,15-13-18-11-7-12-19(21)16-18)14-6-5-10-17-8-3-2-4-9-17/h2-4,8-9,13,15,18,22H,5-7,10-12,14,16H2,1H3/b15-13+/t18-,20-/m0/s1. The highest BCUT2D eigenvalue weighted by Crippen LogP contribution is 2.24. The Hall–Kier alpha value is -1.41. The quantitative estimate of drug-likeness (QED) is 0.596. The molecule has 2 rings (SSSR count). The van der Waals surface area contributed by atoms with Crippen molar-refractivity contribution in [1.82, 2.24) is 0 Å². The summed E-state index contributed by atoms with van der Waals surface area (Å²) in [7, 11) is 0. The third-order valence-electron chi connectivity index (χ3n) is 4.49. The molecule has 2 atom stereocenters. The zero-order valence-electron chi connectivity index (χ0n) is 13.6. The number of carbonyl (C=O) groups excluding carboxylic acids is 1. The Morgan fingerprint density at radius 1 is 1.27 bits per heavy atom. The summed E-state index contributed by atoms with van der Waals surface area (Å²) < 4.78 is 0. The summed E-state index contributed by atoms with van der Waals surface area (Å²) in [6.07, 6.45) is 11.4. The van der Waals surface area contributed by atoms with Gasteiger partial charge in [-0.05, 0) is 56.9 Å². The molecule has 22 heavy (non-hydrogen) atoms. The van der Waals surface area contributed by atoms with Gasteiger partial charge in [-0.15, -0.1) is 0 Å². The van der Waals surface area contributed by atoms with Crippen molar-refractivity contribution in [2.24, 2.45) is 5.92 Å². The number of aliphatic hydroxyl groups is 1. The number of unbranched alkanes of at least 4 members (excludes halogenated alkanes) is 1. The molecule has 2 nitrogen and oxygen atoms in total. The second-order valence-electron chi connectivity index (χ2n) is 6.80. The molecule has 0 bridgehead atoms. The molecular formula is C20H28O2. The minimum atomic E-state index is -0.753. The van der Waals surface area contributed by atoms with Crippen LogP contribution in [0.5, 0.6) is 0 Å². The Bertz CT molecular complexity index is 488. The maximum absolute atomic E-state index is 11.4. The van der Waals surface area contributed by atoms with E-state index >= 15 is 0 Å². The van der Waals surface area contributed by atoms with Gasteiger partial charge in [0.25, 0.3) is 0 Å². The van der Waals surface area contributed by atoms with E-state index in [2.05, 4.69) is 30.3 Å². The molecule has 1 aliphatic carbocycles. The molecule has 0 amide bonds. The first-order valence-electron chi connectivity index (χ1n) is 8.52. The van der Waals surface area contributed by atoms with Gasteiger partial charge in [0.05, 0.1) is 5.60 Å². The van der Waals surface area contributed by atoms with Gasteiger partial charge in [-0.25, -0.2) is 0 Å². The van der Waals surface area contributed by atoms with Crippen LogP contribution in [0.4, 0.5) is 0 Å². The van der Waals surface area contributed by atoms with Gasteiger partial charge in [0.1, 0.15) is 5.78 Å². The molecule has 0 unspecified atom stereocenters. The number of hydrogen-bond donors (Lipinski definition) is 1. The lowest BCUT2D eigenvalue weighted by atomic mass is 9.86. The molecule has 0 aliphatic heterocycles. The number of rotatable bonds is 7. The van der Waals surface area contributed by atoms with Crippen LogP contribution in [0.2, 0.25) is 0 Å². The number of benzene rings is 1. The predicted molar refractivity (Wildman–Crippen MR) is 90.7 cm³/mol. The molecule has 1 N–H and O–H groups in total. The summed E-state index contributed by atoms with van der Waals surface area (Å²) in [5.41, 5.74) is 0.607. The normalized spacial score (nSPS) is 21.9. The van der Waals surface area contributed by atoms with Crippen molar-refractivity contribution >= 4 is 5.78 Å². The molecule has 120 valence electrons. The first-order chi connectivity index (χ1) is 10.6. The SMILES string of the molecule is C[C@@](O)(/C=C/[C@@H]1CCCC(=O)C1)CCCCc1ccccc1. The van der Waals surface area contributed by atoms with Crippen LogP contribution in [-0.4, -0.2) is 16.5 Å². The second kappa shape index (κ2) is 8.28. The van der Waals surface area contributed by atoms with E-state index in [0.29, 0.717) is 18.1 Å². The fraction of sp³-hybridized carbons (Fsp3) is 0.550. The molecular weight excluding hydrogens is 272 g/mol. The molecule has 0 heterocycles. The first-order valence-corrected chi connectivity index (χ1v) is 8.52. The van der Waals surface area contributed by atoms with Crippen LogP contribution in [0, 0.1) is 5.92 Å². The topological polar surface area (TPSA) is 37.3 Å². The zero-order chi connectivity index (χ0) is 15.8. The minimum Gasteiger partial charge on any atom is -0.386 e. The van der Waals surface area contributed by atoms with E-state index in [4.69, 9.17) is 0 Å². The van der Waals surface area contributed by atoms with E-state index in [1.165, 1.54) is 5.56 Å². The van der Waals surface area contributed by atoms with E-state index in [1.54, 1.807) is 0 Å². The molecule has 1 aromatic carbocycles. The van der Waals surface area contributed by atoms with Crippen molar-refractivity contribution in [3.8, 4) is 0 Å². The van der Waals surface area contributed by atoms with Crippen LogP contribution in [0.3, 0.4) is 0 Å². The van der Waals surface area contributed by atoms with Gasteiger partial charge < -0.3 is 5.11 Å². The predicted octanol–water partition coefficient (Wildman–Crippen LogP) is 4.47. The summed E-state index contributed by atoms with van der Waals surface area (Å²) in [6, 6.07) is 10.5. The zero-order valence-corrected chi connectivity index (χ0v) is 13.6. The fourth-order valence-corrected chi connectivity index (χ4v) is 3.11. The van der Waals surface area contributed by atoms with Crippen LogP contribution in [0.1, 0.15) is 57.4 Å². The number of allylic oxidation sites excluding steroid dienone is 1. The van der Waals surface area contributed by atoms with Crippen LogP contribution in [0.25, 0.3) is 0 Å². The number of ketones is 1. The van der Waals surface area contributed by atoms with Crippen LogP contribution >= 0.6 is 0 Å². The second-order valence-corrected chi connectivity index (χ2v) is 6.80. The smallest absolute Gasteiger partial charge is 0.133 e. The van der Waals surface area contributed by atoms with Crippen LogP contribution < -0.4 is 0 Å². The molecule has 1 aromatic rings. The van der Waals surface area contributed by atoms with Crippen molar-refractivity contribution in [3.63, 3.8) is 0 Å². The fourth-order valence-electron chi connectivity index (χ4n) is 3.11. The maximum Gasteiger partial charge on any atom is 0.133 e. The Morgan fingerprint density at radius 2 is 2.05 bits per heavy atom. The third-order valence-corrected chi connectivity index (χ3v) is 4.49. The minimum absolute atomic E-state index is 0.331. The third kappa shape index (κ3) is 6.15. The summed E-state index contributed by atoms with van der Waals surface area (Å²) in [4.78, 5) is 11.4. The van der Waals surface area contributed by atoms with Gasteiger partial charge in [-0.3, -0.25) is 4.79 Å². The largest absolute Gasteiger partial charge is 0.386 e. The van der Waals surface area contributed by atoms with E-state index in [1.807, 2.05) is 19.1 Å². The van der Waals surface area contributed by atoms with Gasteiger partial charge in [0.15, 0.2) is 0 Å². The van der Waals surface area contributed by atoms with Gasteiger partial charge in [-0.1, -0.05) is 42.5 Å². The number of aryl methyl sites for hydroxylation is 1. The molecule has 1 saturated carbocycles. The highest BCUT2D eigenvalue weighted by atomic mass is 16.3. The van der Waals surface area contributed by atoms with E-state index in [0.717, 1.165) is 44.9 Å². The van der Waals surface area contributed by atoms with Crippen molar-refractivity contribution in [2.75, 3.05) is 0 Å². The molecule has 0 aromatic heterocycles. The molecule has 2 heteroatoms.